The number of nitrogens with zero attached hydrogens (tertiary/aromatic N) is 2. The summed E-state index contributed by atoms with van der Waals surface area (Å²) in [5.74, 6) is 1.56. The largest absolute Gasteiger partial charge is 0.493 e. The zero-order valence-corrected chi connectivity index (χ0v) is 13.7. The minimum Gasteiger partial charge on any atom is -0.493 e. The number of ether oxygens (including phenoxy) is 1. The highest BCUT2D eigenvalue weighted by molar-refractivity contribution is 8.13. The van der Waals surface area contributed by atoms with E-state index < -0.39 is 9.05 Å². The van der Waals surface area contributed by atoms with Gasteiger partial charge in [-0.25, -0.2) is 13.4 Å². The number of hydrogen-bond acceptors (Lipinski definition) is 4. The molecule has 0 radical (unpaired) electrons. The second-order valence-corrected chi connectivity index (χ2v) is 7.38. The number of imidazole rings is 1. The van der Waals surface area contributed by atoms with Crippen molar-refractivity contribution in [3.05, 3.63) is 41.5 Å². The lowest BCUT2D eigenvalue weighted by molar-refractivity contribution is 0.317. The maximum atomic E-state index is 11.5. The van der Waals surface area contributed by atoms with Gasteiger partial charge in [0.05, 0.1) is 11.5 Å². The number of hydrogen-bond donors (Lipinski definition) is 0. The first-order valence-electron chi connectivity index (χ1n) is 6.44. The molecule has 0 bridgehead atoms. The lowest BCUT2D eigenvalue weighted by Gasteiger charge is -2.11. The lowest BCUT2D eigenvalue weighted by Crippen LogP contribution is -2.07. The van der Waals surface area contributed by atoms with E-state index in [0.29, 0.717) is 29.9 Å². The van der Waals surface area contributed by atoms with Crippen LogP contribution in [0.2, 0.25) is 0 Å². The summed E-state index contributed by atoms with van der Waals surface area (Å²) in [4.78, 5) is 4.37. The Bertz CT molecular complexity index is 730. The van der Waals surface area contributed by atoms with E-state index in [1.165, 1.54) is 0 Å². The minimum absolute atomic E-state index is 0.153. The molecule has 0 saturated heterocycles. The molecule has 0 unspecified atom stereocenters. The Balaban J connectivity index is 2.10. The van der Waals surface area contributed by atoms with E-state index in [-0.39, 0.29) is 4.90 Å². The molecule has 0 atom stereocenters. The fourth-order valence-corrected chi connectivity index (χ4v) is 3.89. The number of aryl methyl sites for hydroxylation is 3. The van der Waals surface area contributed by atoms with Gasteiger partial charge in [-0.1, -0.05) is 0 Å². The number of halogens is 1. The molecule has 7 heteroatoms. The Morgan fingerprint density at radius 3 is 2.38 bits per heavy atom. The van der Waals surface area contributed by atoms with E-state index in [1.54, 1.807) is 32.2 Å². The lowest BCUT2D eigenvalue weighted by atomic mass is 10.1. The number of rotatable bonds is 5. The summed E-state index contributed by atoms with van der Waals surface area (Å²) in [7, 11) is 3.62. The third-order valence-corrected chi connectivity index (χ3v) is 4.79. The molecule has 0 aliphatic rings. The van der Waals surface area contributed by atoms with E-state index in [1.807, 2.05) is 17.8 Å². The fourth-order valence-electron chi connectivity index (χ4n) is 2.28. The topological polar surface area (TPSA) is 61.2 Å². The monoisotopic (exact) mass is 328 g/mol. The molecule has 21 heavy (non-hydrogen) atoms. The second kappa shape index (κ2) is 6.07. The molecule has 0 amide bonds. The maximum Gasteiger partial charge on any atom is 0.261 e. The summed E-state index contributed by atoms with van der Waals surface area (Å²) in [5, 5.41) is 0. The van der Waals surface area contributed by atoms with Crippen molar-refractivity contribution >= 4 is 19.7 Å². The first-order chi connectivity index (χ1) is 9.79. The van der Waals surface area contributed by atoms with Crippen molar-refractivity contribution in [3.63, 3.8) is 0 Å². The molecule has 0 aliphatic heterocycles. The van der Waals surface area contributed by atoms with Crippen LogP contribution in [0.3, 0.4) is 0 Å². The molecule has 2 aromatic rings. The van der Waals surface area contributed by atoms with Crippen LogP contribution in [0.25, 0.3) is 0 Å². The van der Waals surface area contributed by atoms with E-state index in [4.69, 9.17) is 15.4 Å². The van der Waals surface area contributed by atoms with Crippen LogP contribution < -0.4 is 4.74 Å². The van der Waals surface area contributed by atoms with Crippen LogP contribution in [-0.2, 0) is 22.5 Å². The molecule has 5 nitrogen and oxygen atoms in total. The van der Waals surface area contributed by atoms with Crippen LogP contribution in [-0.4, -0.2) is 24.6 Å². The zero-order valence-electron chi connectivity index (χ0n) is 12.1. The molecular weight excluding hydrogens is 312 g/mol. The van der Waals surface area contributed by atoms with Crippen molar-refractivity contribution in [2.24, 2.45) is 7.05 Å². The standard InChI is InChI=1S/C14H17ClN2O3S/c1-10-8-12(9-11(2)14(10)21(15,18)19)20-7-4-13-16-5-6-17(13)3/h5-6,8-9H,4,7H2,1-3H3. The second-order valence-electron chi connectivity index (χ2n) is 4.88. The van der Waals surface area contributed by atoms with Crippen molar-refractivity contribution in [1.82, 2.24) is 9.55 Å². The third-order valence-electron chi connectivity index (χ3n) is 3.19. The average molecular weight is 329 g/mol. The first kappa shape index (κ1) is 15.9. The van der Waals surface area contributed by atoms with Gasteiger partial charge >= 0.3 is 0 Å². The van der Waals surface area contributed by atoms with Crippen molar-refractivity contribution in [3.8, 4) is 5.75 Å². The van der Waals surface area contributed by atoms with Crippen molar-refractivity contribution in [1.29, 1.82) is 0 Å². The Kier molecular flexibility index (Phi) is 4.58. The molecule has 0 saturated carbocycles. The Labute approximate surface area is 128 Å². The van der Waals surface area contributed by atoms with Crippen LogP contribution in [0.15, 0.2) is 29.4 Å². The minimum atomic E-state index is -3.74. The Hall–Kier alpha value is -1.53. The fraction of sp³-hybridized carbons (Fsp3) is 0.357. The van der Waals surface area contributed by atoms with Crippen LogP contribution >= 0.6 is 10.7 Å². The van der Waals surface area contributed by atoms with Crippen molar-refractivity contribution < 1.29 is 13.2 Å². The van der Waals surface area contributed by atoms with Gasteiger partial charge in [0, 0.05) is 36.5 Å². The van der Waals surface area contributed by atoms with E-state index >= 15 is 0 Å². The highest BCUT2D eigenvalue weighted by Crippen LogP contribution is 2.28. The first-order valence-corrected chi connectivity index (χ1v) is 8.75. The van der Waals surface area contributed by atoms with Crippen LogP contribution in [0.1, 0.15) is 17.0 Å². The van der Waals surface area contributed by atoms with Gasteiger partial charge in [0.1, 0.15) is 11.6 Å². The maximum absolute atomic E-state index is 11.5. The Morgan fingerprint density at radius 1 is 1.29 bits per heavy atom. The van der Waals surface area contributed by atoms with Gasteiger partial charge in [-0.3, -0.25) is 0 Å². The number of benzene rings is 1. The predicted octanol–water partition coefficient (Wildman–Crippen LogP) is 2.59. The van der Waals surface area contributed by atoms with Gasteiger partial charge in [-0.05, 0) is 37.1 Å². The van der Waals surface area contributed by atoms with Crippen LogP contribution in [0.4, 0.5) is 0 Å². The summed E-state index contributed by atoms with van der Waals surface area (Å²) < 4.78 is 30.6. The van der Waals surface area contributed by atoms with Gasteiger partial charge in [0.25, 0.3) is 9.05 Å². The quantitative estimate of drug-likeness (QED) is 0.791. The summed E-state index contributed by atoms with van der Waals surface area (Å²) in [5.41, 5.74) is 1.16. The van der Waals surface area contributed by atoms with E-state index in [2.05, 4.69) is 4.98 Å². The van der Waals surface area contributed by atoms with Crippen LogP contribution in [0, 0.1) is 13.8 Å². The molecule has 0 N–H and O–H groups in total. The molecule has 0 fully saturated rings. The van der Waals surface area contributed by atoms with Crippen molar-refractivity contribution in [2.75, 3.05) is 6.61 Å². The zero-order chi connectivity index (χ0) is 15.6. The van der Waals surface area contributed by atoms with Gasteiger partial charge < -0.3 is 9.30 Å². The SMILES string of the molecule is Cc1cc(OCCc2nccn2C)cc(C)c1S(=O)(=O)Cl. The smallest absolute Gasteiger partial charge is 0.261 e. The van der Waals surface area contributed by atoms with Crippen molar-refractivity contribution in [2.45, 2.75) is 25.2 Å². The van der Waals surface area contributed by atoms with Gasteiger partial charge in [0.2, 0.25) is 0 Å². The predicted molar refractivity (Wildman–Crippen MR) is 81.4 cm³/mol. The normalized spacial score (nSPS) is 11.6. The van der Waals surface area contributed by atoms with E-state index in [0.717, 1.165) is 5.82 Å². The third kappa shape index (κ3) is 3.77. The summed E-state index contributed by atoms with van der Waals surface area (Å²) in [6.07, 6.45) is 4.30. The molecule has 1 aromatic carbocycles. The van der Waals surface area contributed by atoms with Gasteiger partial charge in [-0.2, -0.15) is 0 Å². The highest BCUT2D eigenvalue weighted by Gasteiger charge is 2.17. The Morgan fingerprint density at radius 2 is 1.90 bits per heavy atom. The summed E-state index contributed by atoms with van der Waals surface area (Å²) >= 11 is 0. The summed E-state index contributed by atoms with van der Waals surface area (Å²) in [6, 6.07) is 3.36. The molecule has 2 rings (SSSR count). The van der Waals surface area contributed by atoms with Gasteiger partial charge in [0.15, 0.2) is 0 Å². The number of aromatic nitrogens is 2. The molecule has 0 aliphatic carbocycles. The van der Waals surface area contributed by atoms with Crippen LogP contribution in [0.5, 0.6) is 5.75 Å². The molecule has 1 heterocycles. The molecule has 0 spiro atoms. The van der Waals surface area contributed by atoms with Gasteiger partial charge in [-0.15, -0.1) is 0 Å². The molecular formula is C14H17ClN2O3S. The average Bonchev–Trinajstić information content (AvgIpc) is 2.72. The highest BCUT2D eigenvalue weighted by atomic mass is 35.7. The van der Waals surface area contributed by atoms with E-state index in [9.17, 15) is 8.42 Å². The summed E-state index contributed by atoms with van der Waals surface area (Å²) in [6.45, 7) is 3.87. The molecule has 114 valence electrons. The molecule has 1 aromatic heterocycles.